The molecule has 2 heterocycles. The maximum absolute atomic E-state index is 11.2. The summed E-state index contributed by atoms with van der Waals surface area (Å²) in [6.45, 7) is 0.269. The number of hydrogen-bond acceptors (Lipinski definition) is 6. The summed E-state index contributed by atoms with van der Waals surface area (Å²) in [7, 11) is 1.54. The zero-order valence-electron chi connectivity index (χ0n) is 9.54. The Labute approximate surface area is 102 Å². The van der Waals surface area contributed by atoms with Crippen molar-refractivity contribution >= 4 is 23.8 Å². The smallest absolute Gasteiger partial charge is 0.261 e. The number of methoxy groups -OCH3 is 1. The number of rotatable bonds is 3. The lowest BCUT2D eigenvalue weighted by atomic mass is 10.1. The van der Waals surface area contributed by atoms with Gasteiger partial charge < -0.3 is 15.8 Å². The molecule has 3 N–H and O–H groups in total. The molecule has 0 bridgehead atoms. The van der Waals surface area contributed by atoms with Gasteiger partial charge in [0.05, 0.1) is 18.4 Å². The number of hydrogen-bond donors (Lipinski definition) is 2. The van der Waals surface area contributed by atoms with Crippen molar-refractivity contribution in [2.75, 3.05) is 7.11 Å². The fraction of sp³-hybridized carbons (Fsp3) is 0.200. The number of aromatic nitrogens is 2. The highest BCUT2D eigenvalue weighted by atomic mass is 16.5. The number of aliphatic imine (C=N–C) groups is 1. The summed E-state index contributed by atoms with van der Waals surface area (Å²) in [5.74, 6) is -0.317. The minimum atomic E-state index is -0.817. The molecule has 0 saturated carbocycles. The fourth-order valence-corrected chi connectivity index (χ4v) is 1.57. The lowest BCUT2D eigenvalue weighted by Gasteiger charge is -2.12. The standard InChI is InChI=1S/C10H10N6O2/c1-18-5-16-4-15-8-7(6(2-11)9(12)17)13-3-14-10(8)16/h3-4H,5H2,1H3,(H2,12,17)(H,13,14)/b7-6-. The first kappa shape index (κ1) is 11.8. The number of amides is 1. The Hall–Kier alpha value is -2.66. The Bertz CT molecular complexity index is 592. The SMILES string of the molecule is COCn1cnc2c1N=CN/C2=C(/C#N)C(N)=O. The van der Waals surface area contributed by atoms with Crippen LogP contribution in [0.25, 0.3) is 5.70 Å². The largest absolute Gasteiger partial charge is 0.365 e. The highest BCUT2D eigenvalue weighted by Gasteiger charge is 2.23. The average Bonchev–Trinajstić information content (AvgIpc) is 2.75. The summed E-state index contributed by atoms with van der Waals surface area (Å²) in [6.07, 6.45) is 2.88. The lowest BCUT2D eigenvalue weighted by Crippen LogP contribution is -2.22. The highest BCUT2D eigenvalue weighted by molar-refractivity contribution is 6.06. The molecule has 2 rings (SSSR count). The van der Waals surface area contributed by atoms with Crippen molar-refractivity contribution in [1.29, 1.82) is 5.26 Å². The molecule has 8 heteroatoms. The Balaban J connectivity index is 2.57. The predicted octanol–water partition coefficient (Wildman–Crippen LogP) is -0.530. The van der Waals surface area contributed by atoms with Gasteiger partial charge in [0.2, 0.25) is 0 Å². The van der Waals surface area contributed by atoms with E-state index in [2.05, 4.69) is 15.3 Å². The molecule has 1 amide bonds. The number of nitriles is 1. The first-order chi connectivity index (χ1) is 8.69. The van der Waals surface area contributed by atoms with Crippen LogP contribution in [-0.2, 0) is 16.3 Å². The van der Waals surface area contributed by atoms with Crippen molar-refractivity contribution in [3.8, 4) is 6.07 Å². The topological polar surface area (TPSA) is 118 Å². The molecule has 0 fully saturated rings. The van der Waals surface area contributed by atoms with Crippen molar-refractivity contribution in [3.63, 3.8) is 0 Å². The third kappa shape index (κ3) is 1.83. The van der Waals surface area contributed by atoms with Gasteiger partial charge in [0.25, 0.3) is 5.91 Å². The Morgan fingerprint density at radius 3 is 3.11 bits per heavy atom. The molecule has 0 radical (unpaired) electrons. The summed E-state index contributed by atoms with van der Waals surface area (Å²) in [6, 6.07) is 1.75. The van der Waals surface area contributed by atoms with Crippen molar-refractivity contribution in [2.24, 2.45) is 10.7 Å². The van der Waals surface area contributed by atoms with E-state index in [0.717, 1.165) is 0 Å². The molecule has 0 spiro atoms. The summed E-state index contributed by atoms with van der Waals surface area (Å²) in [5.41, 5.74) is 5.60. The minimum Gasteiger partial charge on any atom is -0.365 e. The van der Waals surface area contributed by atoms with Gasteiger partial charge in [-0.05, 0) is 0 Å². The van der Waals surface area contributed by atoms with Gasteiger partial charge in [-0.2, -0.15) is 5.26 Å². The number of carbonyl (C=O) groups excluding carboxylic acids is 1. The van der Waals surface area contributed by atoms with E-state index in [4.69, 9.17) is 15.7 Å². The van der Waals surface area contributed by atoms with Gasteiger partial charge in [-0.3, -0.25) is 9.36 Å². The van der Waals surface area contributed by atoms with Gasteiger partial charge in [0, 0.05) is 7.11 Å². The van der Waals surface area contributed by atoms with E-state index in [1.807, 2.05) is 0 Å². The van der Waals surface area contributed by atoms with Crippen LogP contribution in [0.3, 0.4) is 0 Å². The van der Waals surface area contributed by atoms with Crippen molar-refractivity contribution in [1.82, 2.24) is 14.9 Å². The third-order valence-corrected chi connectivity index (χ3v) is 2.32. The van der Waals surface area contributed by atoms with Crippen LogP contribution in [0.1, 0.15) is 5.69 Å². The van der Waals surface area contributed by atoms with E-state index in [-0.39, 0.29) is 18.0 Å². The van der Waals surface area contributed by atoms with Crippen molar-refractivity contribution in [2.45, 2.75) is 6.73 Å². The summed E-state index contributed by atoms with van der Waals surface area (Å²) in [5, 5.41) is 11.6. The second-order valence-electron chi connectivity index (χ2n) is 3.43. The van der Waals surface area contributed by atoms with Crippen LogP contribution in [0, 0.1) is 11.3 Å². The number of imidazole rings is 1. The molecule has 0 saturated heterocycles. The number of ether oxygens (including phenoxy) is 1. The van der Waals surface area contributed by atoms with Crippen LogP contribution >= 0.6 is 0 Å². The van der Waals surface area contributed by atoms with Crippen LogP contribution in [0.2, 0.25) is 0 Å². The first-order valence-corrected chi connectivity index (χ1v) is 4.96. The van der Waals surface area contributed by atoms with E-state index < -0.39 is 5.91 Å². The maximum atomic E-state index is 11.2. The highest BCUT2D eigenvalue weighted by Crippen LogP contribution is 2.28. The van der Waals surface area contributed by atoms with Crippen molar-refractivity contribution < 1.29 is 9.53 Å². The van der Waals surface area contributed by atoms with Gasteiger partial charge in [-0.1, -0.05) is 0 Å². The number of fused-ring (bicyclic) bond motifs is 1. The second-order valence-corrected chi connectivity index (χ2v) is 3.43. The van der Waals surface area contributed by atoms with Gasteiger partial charge in [-0.15, -0.1) is 0 Å². The van der Waals surface area contributed by atoms with Crippen LogP contribution in [-0.4, -0.2) is 28.9 Å². The van der Waals surface area contributed by atoms with E-state index in [1.165, 1.54) is 19.8 Å². The van der Waals surface area contributed by atoms with E-state index in [9.17, 15) is 4.79 Å². The van der Waals surface area contributed by atoms with Crippen LogP contribution < -0.4 is 11.1 Å². The molecule has 1 aromatic heterocycles. The quantitative estimate of drug-likeness (QED) is 0.549. The third-order valence-electron chi connectivity index (χ3n) is 2.32. The van der Waals surface area contributed by atoms with E-state index >= 15 is 0 Å². The summed E-state index contributed by atoms with van der Waals surface area (Å²) < 4.78 is 6.62. The zero-order chi connectivity index (χ0) is 13.1. The summed E-state index contributed by atoms with van der Waals surface area (Å²) in [4.78, 5) is 19.4. The molecule has 0 aromatic carbocycles. The monoisotopic (exact) mass is 246 g/mol. The van der Waals surface area contributed by atoms with Crippen LogP contribution in [0.4, 0.5) is 5.82 Å². The molecule has 1 aromatic rings. The molecule has 8 nitrogen and oxygen atoms in total. The molecular weight excluding hydrogens is 236 g/mol. The molecule has 0 aliphatic carbocycles. The van der Waals surface area contributed by atoms with Gasteiger partial charge in [0.1, 0.15) is 24.1 Å². The molecule has 0 unspecified atom stereocenters. The Kier molecular flexibility index (Phi) is 3.07. The number of nitrogens with zero attached hydrogens (tertiary/aromatic N) is 4. The molecular formula is C10H10N6O2. The van der Waals surface area contributed by atoms with Gasteiger partial charge in [-0.25, -0.2) is 9.98 Å². The van der Waals surface area contributed by atoms with Gasteiger partial charge >= 0.3 is 0 Å². The molecule has 92 valence electrons. The lowest BCUT2D eigenvalue weighted by molar-refractivity contribution is -0.114. The number of primary amides is 1. The normalized spacial score (nSPS) is 15.6. The Morgan fingerprint density at radius 1 is 1.72 bits per heavy atom. The number of nitrogens with two attached hydrogens (primary N) is 1. The molecule has 0 atom stereocenters. The van der Waals surface area contributed by atoms with E-state index in [0.29, 0.717) is 11.5 Å². The molecule has 1 aliphatic heterocycles. The minimum absolute atomic E-state index is 0.190. The number of carbonyl (C=O) groups is 1. The molecule has 1 aliphatic rings. The van der Waals surface area contributed by atoms with E-state index in [1.54, 1.807) is 10.6 Å². The average molecular weight is 246 g/mol. The second kappa shape index (κ2) is 4.68. The molecule has 18 heavy (non-hydrogen) atoms. The van der Waals surface area contributed by atoms with Gasteiger partial charge in [0.15, 0.2) is 5.82 Å². The zero-order valence-corrected chi connectivity index (χ0v) is 9.54. The predicted molar refractivity (Wildman–Crippen MR) is 62.3 cm³/mol. The van der Waals surface area contributed by atoms with Crippen LogP contribution in [0.15, 0.2) is 16.9 Å². The number of nitrogens with one attached hydrogen (secondary N) is 1. The van der Waals surface area contributed by atoms with Crippen molar-refractivity contribution in [3.05, 3.63) is 17.6 Å². The Morgan fingerprint density at radius 2 is 2.50 bits per heavy atom. The fourth-order valence-electron chi connectivity index (χ4n) is 1.57. The first-order valence-electron chi connectivity index (χ1n) is 4.96. The summed E-state index contributed by atoms with van der Waals surface area (Å²) >= 11 is 0. The maximum Gasteiger partial charge on any atom is 0.261 e. The van der Waals surface area contributed by atoms with Crippen LogP contribution in [0.5, 0.6) is 0 Å².